The van der Waals surface area contributed by atoms with Gasteiger partial charge >= 0.3 is 49.7 Å². The van der Waals surface area contributed by atoms with Crippen LogP contribution in [0.15, 0.2) is 24.3 Å². The van der Waals surface area contributed by atoms with Crippen molar-refractivity contribution in [3.63, 3.8) is 0 Å². The second kappa shape index (κ2) is 44.8. The zero-order chi connectivity index (χ0) is 65.5. The molecule has 1 saturated heterocycles. The zero-order valence-corrected chi connectivity index (χ0v) is 74.9. The van der Waals surface area contributed by atoms with Crippen molar-refractivity contribution in [2.75, 3.05) is 13.2 Å². The first-order chi connectivity index (χ1) is 36.6. The number of rotatable bonds is 35. The van der Waals surface area contributed by atoms with E-state index in [0.29, 0.717) is 24.4 Å². The Bertz CT molecular complexity index is 1780. The van der Waals surface area contributed by atoms with Crippen molar-refractivity contribution in [1.82, 2.24) is 0 Å². The maximum atomic E-state index is 12.0. The second-order valence-corrected chi connectivity index (χ2v) is 89.0. The van der Waals surface area contributed by atoms with Gasteiger partial charge in [-0.2, -0.15) is 17.5 Å². The summed E-state index contributed by atoms with van der Waals surface area (Å²) < 4.78 is 36.7. The summed E-state index contributed by atoms with van der Waals surface area (Å²) in [6, 6.07) is 17.5. The van der Waals surface area contributed by atoms with E-state index in [0.717, 1.165) is 43.4 Å². The Labute approximate surface area is 566 Å². The van der Waals surface area contributed by atoms with Crippen LogP contribution in [-0.2, 0) is 35.5 Å². The van der Waals surface area contributed by atoms with Gasteiger partial charge in [-0.25, -0.2) is 9.59 Å². The third-order valence-electron chi connectivity index (χ3n) is 14.8. The molecule has 0 aromatic carbocycles. The molecule has 1 aliphatic rings. The van der Waals surface area contributed by atoms with Gasteiger partial charge in [-0.3, -0.25) is 0 Å². The van der Waals surface area contributed by atoms with E-state index in [1.807, 2.05) is 13.1 Å². The molecule has 0 N–H and O–H groups in total. The summed E-state index contributed by atoms with van der Waals surface area (Å²) >= 11 is 6.09. The minimum atomic E-state index is -2.18. The predicted octanol–water partition coefficient (Wildman–Crippen LogP) is 15.3. The molecule has 0 saturated carbocycles. The Morgan fingerprint density at radius 3 is 0.952 bits per heavy atom. The van der Waals surface area contributed by atoms with Gasteiger partial charge in [0.25, 0.3) is 0 Å². The molecule has 0 radical (unpaired) electrons. The first-order valence-corrected chi connectivity index (χ1v) is 71.3. The molecule has 0 amide bonds. The van der Waals surface area contributed by atoms with Gasteiger partial charge < -0.3 is 37.7 Å². The van der Waals surface area contributed by atoms with Crippen molar-refractivity contribution in [3.8, 4) is 0 Å². The van der Waals surface area contributed by atoms with Crippen molar-refractivity contribution in [2.45, 2.75) is 328 Å². The summed E-state index contributed by atoms with van der Waals surface area (Å²) in [4.78, 5) is 34.5. The summed E-state index contributed by atoms with van der Waals surface area (Å²) in [5.74, 6) is -0.602. The van der Waals surface area contributed by atoms with Gasteiger partial charge in [-0.1, -0.05) is 157 Å². The summed E-state index contributed by atoms with van der Waals surface area (Å²) in [5.41, 5.74) is 0.909. The normalized spacial score (nSPS) is 14.7. The molecule has 1 fully saturated rings. The van der Waals surface area contributed by atoms with Crippen molar-refractivity contribution < 1.29 is 78.0 Å². The Morgan fingerprint density at radius 2 is 0.726 bits per heavy atom. The molecule has 84 heavy (non-hydrogen) atoms. The van der Waals surface area contributed by atoms with E-state index in [-0.39, 0.29) is 49.7 Å². The SMILES string of the molecule is C=C(C)C(=O)OCCC[Si](C)(C)Cl.C=C(C)C(=O)OCCC[Si](C)(C)O[Si](C)(C)CC[Si](C)(C)O[Si](C)(C)CC[Si](C)(C)CCCC.CCCC[Si](C)(C)CC[Si](C)(C)O[Si](C)(C)CC[Si](C)(C)[O-].C[Si]1(C)CC[Si](C)(C)O1.[CH2-]CCC.[Li+].[Li+]. The molecule has 492 valence electrons. The van der Waals surface area contributed by atoms with Gasteiger partial charge in [0, 0.05) is 27.3 Å². The van der Waals surface area contributed by atoms with Gasteiger partial charge in [-0.15, -0.1) is 0 Å². The van der Waals surface area contributed by atoms with Gasteiger partial charge in [0.1, 0.15) is 0 Å². The average molecular weight is 1390 g/mol. The van der Waals surface area contributed by atoms with Crippen molar-refractivity contribution in [2.24, 2.45) is 0 Å². The standard InChI is InChI=1S/C25H58O4Si5.C16H41O2Si4.C9H17ClO2Si.C6H16OSi2.C4H9.2Li/c1-14-15-18-30(4,5)20-21-32(8,9)29-34(12,13)23-22-33(10,11)28-31(6,7)19-16-17-27-25(26)24(2)3;1-10-11-12-19(2,3)13-15-21(6,7)18-22(8,9)16-14-20(4,5)17;1-8(2)9(11)12-6-5-7-13(3,4)10;1-8(2)5-6-9(3,4)7-8;1-3-4-2;;/h2,14-23H2,1,3-13H3;10-16H2,1-9H3;1,5-7H2,2-4H3;5-6H2,1-4H3;1,3-4H2,2H3;;/q;-1;;;-1;2*+1. The monoisotopic (exact) mass is 1390 g/mol. The van der Waals surface area contributed by atoms with Crippen molar-refractivity contribution in [1.29, 1.82) is 0 Å². The number of carbonyl (C=O) groups is 2. The summed E-state index contributed by atoms with van der Waals surface area (Å²) in [6.07, 6.45) is 9.42. The topological polar surface area (TPSA) is 113 Å². The number of esters is 2. The van der Waals surface area contributed by atoms with Crippen LogP contribution in [0.4, 0.5) is 0 Å². The number of unbranched alkanes of at least 4 members (excludes halogenated alkanes) is 3. The fourth-order valence-corrected chi connectivity index (χ4v) is 67.0. The maximum Gasteiger partial charge on any atom is 1.00 e. The van der Waals surface area contributed by atoms with E-state index < -0.39 is 98.4 Å². The zero-order valence-electron chi connectivity index (χ0n) is 62.1. The number of carbonyl (C=O) groups excluding carboxylic acids is 2. The fraction of sp³-hybridized carbons (Fsp3) is 0.883. The number of hydrogen-bond donors (Lipinski definition) is 0. The molecule has 0 bridgehead atoms. The van der Waals surface area contributed by atoms with E-state index in [1.54, 1.807) is 13.8 Å². The van der Waals surface area contributed by atoms with Crippen LogP contribution in [0.3, 0.4) is 0 Å². The largest absolute Gasteiger partial charge is 1.00 e. The van der Waals surface area contributed by atoms with Crippen LogP contribution in [0, 0.1) is 6.92 Å². The Balaban J connectivity index is -0.000000258. The molecule has 0 spiro atoms. The van der Waals surface area contributed by atoms with E-state index in [2.05, 4.69) is 185 Å². The van der Waals surface area contributed by atoms with Crippen LogP contribution in [0.1, 0.15) is 86.0 Å². The molecule has 1 heterocycles. The third kappa shape index (κ3) is 63.1. The minimum absolute atomic E-state index is 0. The van der Waals surface area contributed by atoms with Crippen LogP contribution in [0.5, 0.6) is 0 Å². The molecule has 1 aliphatic heterocycles. The van der Waals surface area contributed by atoms with Gasteiger partial charge in [-0.05, 0) is 186 Å². The third-order valence-corrected chi connectivity index (χ3v) is 56.9. The summed E-state index contributed by atoms with van der Waals surface area (Å²) in [6.45, 7) is 77.8. The molecular weight excluding hydrogens is 1250 g/mol. The number of halogens is 1. The minimum Gasteiger partial charge on any atom is -0.859 e. The van der Waals surface area contributed by atoms with Gasteiger partial charge in [0.2, 0.25) is 0 Å². The Hall–Kier alpha value is 2.31. The molecule has 0 atom stereocenters. The van der Waals surface area contributed by atoms with Crippen molar-refractivity contribution >= 4 is 121 Å². The van der Waals surface area contributed by atoms with E-state index in [9.17, 15) is 14.4 Å². The first-order valence-electron chi connectivity index (χ1n) is 32.2. The summed E-state index contributed by atoms with van der Waals surface area (Å²) in [7, 11) is -18.2. The molecule has 9 nitrogen and oxygen atoms in total. The molecule has 0 aliphatic carbocycles. The van der Waals surface area contributed by atoms with Gasteiger partial charge in [0.15, 0.2) is 73.9 Å². The number of hydrogen-bond acceptors (Lipinski definition) is 9. The van der Waals surface area contributed by atoms with Crippen LogP contribution in [0.2, 0.25) is 242 Å². The number of ether oxygens (including phenoxy) is 2. The summed E-state index contributed by atoms with van der Waals surface area (Å²) in [5, 5.41) is 0. The molecule has 1 rings (SSSR count). The molecule has 0 aromatic heterocycles. The molecule has 0 unspecified atom stereocenters. The van der Waals surface area contributed by atoms with Crippen LogP contribution in [-0.4, -0.2) is 124 Å². The van der Waals surface area contributed by atoms with Crippen LogP contribution in [0.25, 0.3) is 0 Å². The Morgan fingerprint density at radius 1 is 0.464 bits per heavy atom. The van der Waals surface area contributed by atoms with E-state index in [1.165, 1.54) is 92.5 Å². The van der Waals surface area contributed by atoms with E-state index in [4.69, 9.17) is 37.0 Å². The van der Waals surface area contributed by atoms with E-state index >= 15 is 0 Å². The Kier molecular flexibility index (Phi) is 52.0. The molecule has 24 heteroatoms. The van der Waals surface area contributed by atoms with Crippen molar-refractivity contribution in [3.05, 3.63) is 31.2 Å². The smallest absolute Gasteiger partial charge is 0.859 e. The van der Waals surface area contributed by atoms with Crippen LogP contribution >= 0.6 is 11.1 Å². The first kappa shape index (κ1) is 97.4. The molecular formula is C60H141ClLi2O9Si12. The van der Waals surface area contributed by atoms with Crippen LogP contribution < -0.4 is 42.5 Å². The quantitative estimate of drug-likeness (QED) is 0.0153. The van der Waals surface area contributed by atoms with Gasteiger partial charge in [0.05, 0.1) is 13.2 Å². The average Bonchev–Trinajstić information content (AvgIpc) is 3.56. The predicted molar refractivity (Wildman–Crippen MR) is 398 cm³/mol. The maximum absolute atomic E-state index is 12.0. The second-order valence-electron chi connectivity index (χ2n) is 31.9. The molecule has 0 aromatic rings. The fourth-order valence-electron chi connectivity index (χ4n) is 9.61.